The quantitative estimate of drug-likeness (QED) is 0.390. The van der Waals surface area contributed by atoms with E-state index in [0.29, 0.717) is 30.6 Å². The summed E-state index contributed by atoms with van der Waals surface area (Å²) in [5.74, 6) is 0.315. The highest BCUT2D eigenvalue weighted by Gasteiger charge is 2.64. The minimum absolute atomic E-state index is 0.0369. The van der Waals surface area contributed by atoms with E-state index < -0.39 is 13.7 Å². The van der Waals surface area contributed by atoms with E-state index in [0.717, 1.165) is 22.6 Å². The number of ether oxygens (including phenoxy) is 2. The molecule has 218 valence electrons. The average molecular weight is 584 g/mol. The Kier molecular flexibility index (Phi) is 7.28. The summed E-state index contributed by atoms with van der Waals surface area (Å²) < 4.78 is 12.2. The Hall–Kier alpha value is -3.79. The van der Waals surface area contributed by atoms with Crippen LogP contribution in [0.25, 0.3) is 0 Å². The number of aliphatic hydroxyl groups is 1. The third kappa shape index (κ3) is 4.47. The normalized spacial score (nSPS) is 25.4. The van der Waals surface area contributed by atoms with Crippen LogP contribution in [-0.4, -0.2) is 50.5 Å². The molecule has 2 N–H and O–H groups in total. The van der Waals surface area contributed by atoms with Gasteiger partial charge in [0.15, 0.2) is 5.60 Å². The Morgan fingerprint density at radius 1 is 1.07 bits per heavy atom. The van der Waals surface area contributed by atoms with Gasteiger partial charge in [0.25, 0.3) is 5.91 Å². The number of aliphatic hydroxyl groups excluding tert-OH is 1. The van der Waals surface area contributed by atoms with Gasteiger partial charge < -0.3 is 19.9 Å². The van der Waals surface area contributed by atoms with E-state index in [-0.39, 0.29) is 36.0 Å². The van der Waals surface area contributed by atoms with Gasteiger partial charge in [-0.2, -0.15) is 5.10 Å². The van der Waals surface area contributed by atoms with E-state index in [1.165, 1.54) is 10.2 Å². The molecule has 0 radical (unpaired) electrons. The van der Waals surface area contributed by atoms with Gasteiger partial charge in [-0.25, -0.2) is 5.01 Å². The summed E-state index contributed by atoms with van der Waals surface area (Å²) in [5.41, 5.74) is 2.64. The molecular formula is C33H37N3O5Si. The van der Waals surface area contributed by atoms with Gasteiger partial charge in [-0.1, -0.05) is 67.7 Å². The third-order valence-corrected chi connectivity index (χ3v) is 13.7. The summed E-state index contributed by atoms with van der Waals surface area (Å²) in [4.78, 5) is 27.0. The fourth-order valence-electron chi connectivity index (χ4n) is 7.24. The second-order valence-corrected chi connectivity index (χ2v) is 16.7. The van der Waals surface area contributed by atoms with E-state index >= 15 is 0 Å². The zero-order valence-electron chi connectivity index (χ0n) is 24.5. The molecule has 4 atom stereocenters. The molecule has 0 aromatic heterocycles. The minimum Gasteiger partial charge on any atom is -0.497 e. The van der Waals surface area contributed by atoms with Gasteiger partial charge in [-0.15, -0.1) is 0 Å². The average Bonchev–Trinajstić information content (AvgIpc) is 3.46. The Morgan fingerprint density at radius 3 is 2.50 bits per heavy atom. The number of carbonyl (C=O) groups excluding carboxylic acids is 2. The highest BCUT2D eigenvalue weighted by Crippen LogP contribution is 2.59. The predicted octanol–water partition coefficient (Wildman–Crippen LogP) is 4.78. The molecule has 3 heterocycles. The van der Waals surface area contributed by atoms with Gasteiger partial charge in [-0.3, -0.25) is 9.59 Å². The van der Waals surface area contributed by atoms with Crippen molar-refractivity contribution < 1.29 is 24.2 Å². The zero-order valence-corrected chi connectivity index (χ0v) is 25.5. The smallest absolute Gasteiger partial charge is 0.261 e. The molecule has 2 amide bonds. The van der Waals surface area contributed by atoms with Crippen molar-refractivity contribution in [1.29, 1.82) is 0 Å². The maximum absolute atomic E-state index is 13.9. The summed E-state index contributed by atoms with van der Waals surface area (Å²) in [6.07, 6.45) is 1.04. The number of benzene rings is 3. The molecule has 3 aliphatic rings. The first-order chi connectivity index (χ1) is 20.2. The maximum Gasteiger partial charge on any atom is 0.261 e. The molecule has 9 heteroatoms. The predicted molar refractivity (Wildman–Crippen MR) is 166 cm³/mol. The van der Waals surface area contributed by atoms with Crippen LogP contribution in [0.4, 0.5) is 11.4 Å². The van der Waals surface area contributed by atoms with E-state index in [1.807, 2.05) is 60.7 Å². The number of amides is 2. The summed E-state index contributed by atoms with van der Waals surface area (Å²) in [7, 11) is -0.597. The van der Waals surface area contributed by atoms with Crippen LogP contribution in [0, 0.1) is 5.92 Å². The number of fused-ring (bicyclic) bond motifs is 2. The molecule has 1 fully saturated rings. The van der Waals surface area contributed by atoms with Crippen molar-refractivity contribution in [2.24, 2.45) is 11.0 Å². The molecule has 0 aliphatic carbocycles. The van der Waals surface area contributed by atoms with Crippen LogP contribution in [0.15, 0.2) is 77.9 Å². The lowest BCUT2D eigenvalue weighted by atomic mass is 9.82. The fourth-order valence-corrected chi connectivity index (χ4v) is 11.3. The van der Waals surface area contributed by atoms with E-state index in [4.69, 9.17) is 14.6 Å². The lowest BCUT2D eigenvalue weighted by Gasteiger charge is -2.37. The number of hydrazone groups is 1. The first-order valence-corrected chi connectivity index (χ1v) is 17.6. The molecule has 3 aromatic rings. The Bertz CT molecular complexity index is 1540. The van der Waals surface area contributed by atoms with Gasteiger partial charge in [-0.05, 0) is 47.9 Å². The van der Waals surface area contributed by atoms with Crippen LogP contribution in [0.5, 0.6) is 5.75 Å². The number of hydrogen-bond acceptors (Lipinski definition) is 6. The van der Waals surface area contributed by atoms with Crippen molar-refractivity contribution in [3.8, 4) is 5.75 Å². The Morgan fingerprint density at radius 2 is 1.81 bits per heavy atom. The van der Waals surface area contributed by atoms with Gasteiger partial charge in [0, 0.05) is 36.6 Å². The van der Waals surface area contributed by atoms with Gasteiger partial charge in [0.2, 0.25) is 5.91 Å². The molecular weight excluding hydrogens is 546 g/mol. The summed E-state index contributed by atoms with van der Waals surface area (Å²) in [6, 6.07) is 23.6. The van der Waals surface area contributed by atoms with Crippen molar-refractivity contribution in [3.05, 3.63) is 83.9 Å². The molecule has 0 bridgehead atoms. The largest absolute Gasteiger partial charge is 0.497 e. The molecule has 0 saturated carbocycles. The summed E-state index contributed by atoms with van der Waals surface area (Å²) in [6.45, 7) is 6.67. The second-order valence-electron chi connectivity index (χ2n) is 12.0. The zero-order chi connectivity index (χ0) is 29.6. The van der Waals surface area contributed by atoms with Crippen molar-refractivity contribution in [3.63, 3.8) is 0 Å². The molecule has 8 nitrogen and oxygen atoms in total. The molecule has 6 rings (SSSR count). The third-order valence-electron chi connectivity index (χ3n) is 9.37. The summed E-state index contributed by atoms with van der Waals surface area (Å²) in [5, 5.41) is 20.6. The van der Waals surface area contributed by atoms with Gasteiger partial charge in [0.1, 0.15) is 5.75 Å². The van der Waals surface area contributed by atoms with Crippen molar-refractivity contribution in [1.82, 2.24) is 0 Å². The fraction of sp³-hybridized carbons (Fsp3) is 0.364. The summed E-state index contributed by atoms with van der Waals surface area (Å²) >= 11 is 0. The van der Waals surface area contributed by atoms with Crippen LogP contribution in [-0.2, 0) is 19.9 Å². The lowest BCUT2D eigenvalue weighted by molar-refractivity contribution is -0.143. The molecule has 0 unspecified atom stereocenters. The van der Waals surface area contributed by atoms with E-state index in [2.05, 4.69) is 37.5 Å². The number of anilines is 2. The molecule has 1 saturated heterocycles. The van der Waals surface area contributed by atoms with E-state index in [9.17, 15) is 14.7 Å². The van der Waals surface area contributed by atoms with Gasteiger partial charge in [0.05, 0.1) is 32.7 Å². The number of methoxy groups -OCH3 is 1. The lowest BCUT2D eigenvalue weighted by Crippen LogP contribution is -2.51. The topological polar surface area (TPSA) is 100 Å². The highest BCUT2D eigenvalue weighted by molar-refractivity contribution is 6.91. The molecule has 1 spiro atoms. The Labute approximate surface area is 247 Å². The number of nitrogens with zero attached hydrogens (tertiary/aromatic N) is 2. The monoisotopic (exact) mass is 583 g/mol. The molecule has 3 aliphatic heterocycles. The number of hydrogen-bond donors (Lipinski definition) is 2. The first kappa shape index (κ1) is 28.3. The van der Waals surface area contributed by atoms with Crippen LogP contribution in [0.2, 0.25) is 18.6 Å². The van der Waals surface area contributed by atoms with Crippen LogP contribution in [0.1, 0.15) is 37.3 Å². The van der Waals surface area contributed by atoms with Gasteiger partial charge >= 0.3 is 0 Å². The first-order valence-electron chi connectivity index (χ1n) is 14.6. The van der Waals surface area contributed by atoms with Crippen LogP contribution < -0.4 is 20.2 Å². The van der Waals surface area contributed by atoms with Crippen molar-refractivity contribution >= 4 is 42.2 Å². The maximum atomic E-state index is 13.9. The van der Waals surface area contributed by atoms with Crippen molar-refractivity contribution in [2.45, 2.75) is 56.5 Å². The molecule has 3 aromatic carbocycles. The molecule has 42 heavy (non-hydrogen) atoms. The standard InChI is InChI=1S/C33H37N3O5Si/c1-21-31(42(3,4)25-13-11-24(40-2)12-14-25)29(18-19-37)41-33(21)26-20-23(10-15-28(26)34-32(33)39)36-30(38)17-16-27(35-36)22-8-6-5-7-9-22/h5-15,20-21,29,31,37H,16-19H2,1-4H3,(H,34,39)/t21-,29+,31-,33+/m0/s1. The van der Waals surface area contributed by atoms with E-state index in [1.54, 1.807) is 7.11 Å². The minimum atomic E-state index is -2.25. The van der Waals surface area contributed by atoms with Crippen molar-refractivity contribution in [2.75, 3.05) is 24.0 Å². The number of rotatable bonds is 7. The van der Waals surface area contributed by atoms with Crippen LogP contribution in [0.3, 0.4) is 0 Å². The second kappa shape index (κ2) is 10.8. The SMILES string of the molecule is COc1ccc([Si](C)(C)[C@@H]2[C@@H](CCO)O[C@]3(C(=O)Nc4ccc(N5N=C(c6ccccc6)CCC5=O)cc43)[C@H]2C)cc1. The highest BCUT2D eigenvalue weighted by atomic mass is 28.3. The number of carbonyl (C=O) groups is 2. The Balaban J connectivity index is 1.41. The number of nitrogens with one attached hydrogen (secondary N) is 1. The van der Waals surface area contributed by atoms with Crippen LogP contribution >= 0.6 is 0 Å².